The highest BCUT2D eigenvalue weighted by Crippen LogP contribution is 2.25. The molecule has 1 atom stereocenters. The molecule has 2 aromatic rings. The lowest BCUT2D eigenvalue weighted by Crippen LogP contribution is -2.25. The van der Waals surface area contributed by atoms with Crippen LogP contribution in [0.5, 0.6) is 0 Å². The first-order chi connectivity index (χ1) is 9.76. The standard InChI is InChI=1S/C16H20N2O2/c1-3-8-18-15(9-16(19)20-2)14-11-17-10-12-6-4-5-7-13(12)14/h4-7,10-11,15,18H,3,8-9H2,1-2H3. The highest BCUT2D eigenvalue weighted by molar-refractivity contribution is 5.85. The van der Waals surface area contributed by atoms with Gasteiger partial charge in [0, 0.05) is 23.8 Å². The van der Waals surface area contributed by atoms with E-state index < -0.39 is 0 Å². The molecule has 1 N–H and O–H groups in total. The Balaban J connectivity index is 2.36. The topological polar surface area (TPSA) is 51.2 Å². The fourth-order valence-corrected chi connectivity index (χ4v) is 2.28. The monoisotopic (exact) mass is 272 g/mol. The van der Waals surface area contributed by atoms with Crippen molar-refractivity contribution in [2.45, 2.75) is 25.8 Å². The molecule has 0 spiro atoms. The van der Waals surface area contributed by atoms with E-state index in [1.807, 2.05) is 30.6 Å². The van der Waals surface area contributed by atoms with Crippen LogP contribution in [0.15, 0.2) is 36.7 Å². The molecule has 1 unspecified atom stereocenters. The van der Waals surface area contributed by atoms with E-state index in [-0.39, 0.29) is 12.0 Å². The van der Waals surface area contributed by atoms with Crippen molar-refractivity contribution in [2.75, 3.05) is 13.7 Å². The lowest BCUT2D eigenvalue weighted by molar-refractivity contribution is -0.141. The van der Waals surface area contributed by atoms with Crippen molar-refractivity contribution in [1.29, 1.82) is 0 Å². The van der Waals surface area contributed by atoms with Gasteiger partial charge < -0.3 is 10.1 Å². The van der Waals surface area contributed by atoms with Crippen molar-refractivity contribution >= 4 is 16.7 Å². The van der Waals surface area contributed by atoms with Crippen molar-refractivity contribution < 1.29 is 9.53 Å². The summed E-state index contributed by atoms with van der Waals surface area (Å²) in [6, 6.07) is 8.01. The van der Waals surface area contributed by atoms with Crippen molar-refractivity contribution in [1.82, 2.24) is 10.3 Å². The van der Waals surface area contributed by atoms with E-state index >= 15 is 0 Å². The van der Waals surface area contributed by atoms with Crippen LogP contribution in [0.4, 0.5) is 0 Å². The zero-order chi connectivity index (χ0) is 14.4. The van der Waals surface area contributed by atoms with Gasteiger partial charge in [0.2, 0.25) is 0 Å². The molecule has 0 aliphatic carbocycles. The van der Waals surface area contributed by atoms with Crippen LogP contribution in [0.25, 0.3) is 10.8 Å². The summed E-state index contributed by atoms with van der Waals surface area (Å²) in [7, 11) is 1.42. The molecule has 1 aromatic carbocycles. The summed E-state index contributed by atoms with van der Waals surface area (Å²) >= 11 is 0. The molecule has 0 aliphatic heterocycles. The largest absolute Gasteiger partial charge is 0.469 e. The molecular weight excluding hydrogens is 252 g/mol. The van der Waals surface area contributed by atoms with Gasteiger partial charge in [-0.05, 0) is 23.9 Å². The van der Waals surface area contributed by atoms with Gasteiger partial charge in [0.15, 0.2) is 0 Å². The second-order valence-corrected chi connectivity index (χ2v) is 4.74. The number of methoxy groups -OCH3 is 1. The van der Waals surface area contributed by atoms with E-state index in [1.165, 1.54) is 7.11 Å². The molecule has 0 aliphatic rings. The number of nitrogens with zero attached hydrogens (tertiary/aromatic N) is 1. The molecule has 4 nitrogen and oxygen atoms in total. The van der Waals surface area contributed by atoms with Crippen LogP contribution in [-0.4, -0.2) is 24.6 Å². The summed E-state index contributed by atoms with van der Waals surface area (Å²) in [5, 5.41) is 5.61. The predicted octanol–water partition coefficient (Wildman–Crippen LogP) is 2.84. The molecular formula is C16H20N2O2. The van der Waals surface area contributed by atoms with E-state index in [4.69, 9.17) is 4.74 Å². The number of hydrogen-bond acceptors (Lipinski definition) is 4. The third-order valence-corrected chi connectivity index (χ3v) is 3.31. The zero-order valence-corrected chi connectivity index (χ0v) is 11.9. The molecule has 4 heteroatoms. The van der Waals surface area contributed by atoms with Gasteiger partial charge in [-0.3, -0.25) is 9.78 Å². The number of fused-ring (bicyclic) bond motifs is 1. The van der Waals surface area contributed by atoms with Crippen molar-refractivity contribution in [2.24, 2.45) is 0 Å². The molecule has 0 saturated heterocycles. The summed E-state index contributed by atoms with van der Waals surface area (Å²) in [5.74, 6) is -0.216. The average Bonchev–Trinajstić information content (AvgIpc) is 2.50. The Morgan fingerprint density at radius 1 is 1.35 bits per heavy atom. The molecule has 0 amide bonds. The minimum absolute atomic E-state index is 0.0685. The van der Waals surface area contributed by atoms with Crippen LogP contribution < -0.4 is 5.32 Å². The van der Waals surface area contributed by atoms with E-state index in [1.54, 1.807) is 0 Å². The lowest BCUT2D eigenvalue weighted by atomic mass is 9.99. The normalized spacial score (nSPS) is 12.3. The van der Waals surface area contributed by atoms with Crippen LogP contribution >= 0.6 is 0 Å². The molecule has 0 fully saturated rings. The number of nitrogens with one attached hydrogen (secondary N) is 1. The Hall–Kier alpha value is -1.94. The van der Waals surface area contributed by atoms with Crippen molar-refractivity contribution in [3.05, 3.63) is 42.2 Å². The zero-order valence-electron chi connectivity index (χ0n) is 11.9. The Morgan fingerprint density at radius 3 is 2.90 bits per heavy atom. The van der Waals surface area contributed by atoms with E-state index in [0.29, 0.717) is 6.42 Å². The smallest absolute Gasteiger partial charge is 0.307 e. The van der Waals surface area contributed by atoms with Gasteiger partial charge in [-0.15, -0.1) is 0 Å². The molecule has 1 aromatic heterocycles. The Bertz CT molecular complexity index is 578. The second-order valence-electron chi connectivity index (χ2n) is 4.74. The van der Waals surface area contributed by atoms with Gasteiger partial charge >= 0.3 is 5.97 Å². The molecule has 20 heavy (non-hydrogen) atoms. The van der Waals surface area contributed by atoms with E-state index in [9.17, 15) is 4.79 Å². The minimum atomic E-state index is -0.216. The molecule has 0 bridgehead atoms. The number of pyridine rings is 1. The molecule has 0 radical (unpaired) electrons. The van der Waals surface area contributed by atoms with Gasteiger partial charge in [-0.25, -0.2) is 0 Å². The average molecular weight is 272 g/mol. The summed E-state index contributed by atoms with van der Waals surface area (Å²) < 4.78 is 4.79. The molecule has 2 rings (SSSR count). The molecule has 1 heterocycles. The van der Waals surface area contributed by atoms with Crippen LogP contribution in [0.1, 0.15) is 31.4 Å². The van der Waals surface area contributed by atoms with Gasteiger partial charge in [0.1, 0.15) is 0 Å². The number of ether oxygens (including phenoxy) is 1. The van der Waals surface area contributed by atoms with Crippen molar-refractivity contribution in [3.8, 4) is 0 Å². The minimum Gasteiger partial charge on any atom is -0.469 e. The fraction of sp³-hybridized carbons (Fsp3) is 0.375. The van der Waals surface area contributed by atoms with Crippen LogP contribution in [0.2, 0.25) is 0 Å². The van der Waals surface area contributed by atoms with Crippen LogP contribution in [0, 0.1) is 0 Å². The van der Waals surface area contributed by atoms with Gasteiger partial charge in [-0.2, -0.15) is 0 Å². The Kier molecular flexibility index (Phi) is 5.07. The number of aromatic nitrogens is 1. The number of carbonyl (C=O) groups is 1. The van der Waals surface area contributed by atoms with Gasteiger partial charge in [0.05, 0.1) is 13.5 Å². The SMILES string of the molecule is CCCNC(CC(=O)OC)c1cncc2ccccc12. The maximum Gasteiger partial charge on any atom is 0.307 e. The second kappa shape index (κ2) is 7.01. The Morgan fingerprint density at radius 2 is 2.15 bits per heavy atom. The first-order valence-electron chi connectivity index (χ1n) is 6.89. The molecule has 106 valence electrons. The summed E-state index contributed by atoms with van der Waals surface area (Å²) in [4.78, 5) is 15.9. The van der Waals surface area contributed by atoms with Crippen molar-refractivity contribution in [3.63, 3.8) is 0 Å². The predicted molar refractivity (Wildman–Crippen MR) is 79.4 cm³/mol. The maximum atomic E-state index is 11.6. The Labute approximate surface area is 119 Å². The third-order valence-electron chi connectivity index (χ3n) is 3.31. The van der Waals surface area contributed by atoms with Crippen LogP contribution in [0.3, 0.4) is 0 Å². The van der Waals surface area contributed by atoms with Gasteiger partial charge in [0.25, 0.3) is 0 Å². The number of hydrogen-bond donors (Lipinski definition) is 1. The summed E-state index contributed by atoms with van der Waals surface area (Å²) in [6.07, 6.45) is 4.99. The maximum absolute atomic E-state index is 11.6. The highest BCUT2D eigenvalue weighted by atomic mass is 16.5. The molecule has 0 saturated carbocycles. The van der Waals surface area contributed by atoms with E-state index in [0.717, 1.165) is 29.3 Å². The number of rotatable bonds is 6. The number of benzene rings is 1. The first kappa shape index (κ1) is 14.5. The third kappa shape index (κ3) is 3.33. The number of carbonyl (C=O) groups excluding carboxylic acids is 1. The quantitative estimate of drug-likeness (QED) is 0.822. The first-order valence-corrected chi connectivity index (χ1v) is 6.89. The van der Waals surface area contributed by atoms with Gasteiger partial charge in [-0.1, -0.05) is 31.2 Å². The van der Waals surface area contributed by atoms with E-state index in [2.05, 4.69) is 23.3 Å². The highest BCUT2D eigenvalue weighted by Gasteiger charge is 2.18. The lowest BCUT2D eigenvalue weighted by Gasteiger charge is -2.19. The summed E-state index contributed by atoms with van der Waals surface area (Å²) in [6.45, 7) is 2.95. The fourth-order valence-electron chi connectivity index (χ4n) is 2.28. The van der Waals surface area contributed by atoms with Crippen LogP contribution in [-0.2, 0) is 9.53 Å². The number of esters is 1. The summed E-state index contributed by atoms with van der Waals surface area (Å²) in [5.41, 5.74) is 1.04.